The molecule has 4 fully saturated rings. The molecule has 3 saturated carbocycles. The number of amides is 4. The number of sulfonamides is 1. The van der Waals surface area contributed by atoms with Gasteiger partial charge in [0.1, 0.15) is 41.6 Å². The quantitative estimate of drug-likeness (QED) is 0.152. The Bertz CT molecular complexity index is 1920. The molecule has 0 aromatic carbocycles. The molecule has 1 saturated heterocycles. The zero-order valence-corrected chi connectivity index (χ0v) is 34.8. The van der Waals surface area contributed by atoms with E-state index in [1.165, 1.54) is 14.0 Å². The summed E-state index contributed by atoms with van der Waals surface area (Å²) in [5.41, 5.74) is -3.33. The van der Waals surface area contributed by atoms with Crippen molar-refractivity contribution in [1.82, 2.24) is 20.3 Å². The highest BCUT2D eigenvalue weighted by atomic mass is 32.2. The van der Waals surface area contributed by atoms with Gasteiger partial charge in [0.2, 0.25) is 28.3 Å². The number of halogens is 4. The third-order valence-electron chi connectivity index (χ3n) is 12.3. The molecule has 59 heavy (non-hydrogen) atoms. The van der Waals surface area contributed by atoms with Crippen LogP contribution in [0.5, 0.6) is 0 Å². The van der Waals surface area contributed by atoms with Gasteiger partial charge in [-0.3, -0.25) is 23.5 Å². The highest BCUT2D eigenvalue weighted by Crippen LogP contribution is 2.50. The van der Waals surface area contributed by atoms with E-state index in [0.29, 0.717) is 31.4 Å². The van der Waals surface area contributed by atoms with E-state index in [1.807, 2.05) is 4.72 Å². The summed E-state index contributed by atoms with van der Waals surface area (Å²) in [6, 6.07) is -4.26. The van der Waals surface area contributed by atoms with Gasteiger partial charge in [0.15, 0.2) is 0 Å². The van der Waals surface area contributed by atoms with Crippen molar-refractivity contribution in [1.29, 1.82) is 0 Å². The van der Waals surface area contributed by atoms with Gasteiger partial charge in [-0.05, 0) is 75.4 Å². The molecule has 6 rings (SSSR count). The summed E-state index contributed by atoms with van der Waals surface area (Å²) in [5.74, 6) is -6.90. The largest absolute Gasteiger partial charge is 0.497 e. The number of nitrogens with one attached hydrogen (secondary N) is 3. The van der Waals surface area contributed by atoms with Crippen molar-refractivity contribution in [3.05, 3.63) is 24.0 Å². The molecule has 2 heterocycles. The van der Waals surface area contributed by atoms with E-state index in [2.05, 4.69) is 20.6 Å². The fourth-order valence-corrected chi connectivity index (χ4v) is 9.36. The molecule has 328 valence electrons. The molecule has 2 unspecified atom stereocenters. The molecule has 15 nitrogen and oxygen atoms in total. The second-order valence-corrected chi connectivity index (χ2v) is 19.9. The van der Waals surface area contributed by atoms with E-state index >= 15 is 4.39 Å². The molecule has 0 radical (unpaired) electrons. The number of nitrogens with zero attached hydrogens (tertiary/aromatic N) is 3. The number of aliphatic imine (C=N–C) groups is 2. The minimum absolute atomic E-state index is 0.0558. The number of fused-ring (bicyclic) bond motifs is 1. The number of carbonyl (C=O) groups is 4. The Morgan fingerprint density at radius 1 is 1.08 bits per heavy atom. The smallest absolute Gasteiger partial charge is 0.408 e. The van der Waals surface area contributed by atoms with Gasteiger partial charge in [-0.2, -0.15) is 4.39 Å². The zero-order valence-electron chi connectivity index (χ0n) is 34.0. The molecule has 0 aromatic heterocycles. The summed E-state index contributed by atoms with van der Waals surface area (Å²) in [5, 5.41) is 5.04. The summed E-state index contributed by atoms with van der Waals surface area (Å²) >= 11 is 0. The van der Waals surface area contributed by atoms with Crippen molar-refractivity contribution in [3.8, 4) is 0 Å². The zero-order chi connectivity index (χ0) is 43.2. The number of likely N-dealkylation sites (tertiary alicyclic amines) is 1. The molecule has 20 heteroatoms. The lowest BCUT2D eigenvalue weighted by atomic mass is 9.85. The number of rotatable bonds is 16. The van der Waals surface area contributed by atoms with Crippen LogP contribution in [0.2, 0.25) is 0 Å². The monoisotopic (exact) mass is 858 g/mol. The number of allylic oxidation sites excluding steroid dienone is 1. The Morgan fingerprint density at radius 3 is 2.39 bits per heavy atom. The molecule has 3 N–H and O–H groups in total. The van der Waals surface area contributed by atoms with Crippen molar-refractivity contribution >= 4 is 45.7 Å². The van der Waals surface area contributed by atoms with Crippen LogP contribution < -0.4 is 15.4 Å². The van der Waals surface area contributed by atoms with Gasteiger partial charge in [-0.25, -0.2) is 32.0 Å². The van der Waals surface area contributed by atoms with Gasteiger partial charge in [0.25, 0.3) is 17.8 Å². The van der Waals surface area contributed by atoms with Gasteiger partial charge >= 0.3 is 6.09 Å². The van der Waals surface area contributed by atoms with Crippen LogP contribution in [0.25, 0.3) is 0 Å². The third kappa shape index (κ3) is 9.26. The van der Waals surface area contributed by atoms with E-state index in [9.17, 15) is 40.8 Å². The number of hydrogen-bond donors (Lipinski definition) is 3. The van der Waals surface area contributed by atoms with Crippen LogP contribution >= 0.6 is 0 Å². The predicted octanol–water partition coefficient (Wildman–Crippen LogP) is 4.03. The average Bonchev–Trinajstić information content (AvgIpc) is 4.12. The summed E-state index contributed by atoms with van der Waals surface area (Å²) in [6.45, 7) is 7.26. The van der Waals surface area contributed by atoms with Crippen LogP contribution in [0, 0.1) is 23.2 Å². The highest BCUT2D eigenvalue weighted by Gasteiger charge is 2.68. The minimum Gasteiger partial charge on any atom is -0.497 e. The maximum atomic E-state index is 15.5. The van der Waals surface area contributed by atoms with E-state index in [4.69, 9.17) is 14.2 Å². The SMILES string of the molecule is CC[C@@H]1[C@@H](OC2=NC3C=C(OC)C=CC3N=C2F)CN(C(=O)[C@@H](NC(=O)O[C@@H]2C[C@H]2CCCCF)C(C)(C)C)[C@@H]1C(=O)N[C@]1(C(=O)NS(=O)(=O)C2(C)CC2)C[C@H]1C(F)F. The summed E-state index contributed by atoms with van der Waals surface area (Å²) in [4.78, 5) is 65.7. The summed E-state index contributed by atoms with van der Waals surface area (Å²) < 4.78 is 100. The molecule has 4 aliphatic carbocycles. The Balaban J connectivity index is 1.29. The van der Waals surface area contributed by atoms with Crippen LogP contribution in [-0.2, 0) is 38.6 Å². The van der Waals surface area contributed by atoms with E-state index in [0.717, 1.165) is 4.90 Å². The Labute approximate surface area is 341 Å². The van der Waals surface area contributed by atoms with Crippen LogP contribution in [0.1, 0.15) is 86.0 Å². The Hall–Kier alpha value is -4.23. The first-order chi connectivity index (χ1) is 27.7. The van der Waals surface area contributed by atoms with E-state index in [1.54, 1.807) is 45.9 Å². The maximum Gasteiger partial charge on any atom is 0.408 e. The molecule has 0 aromatic rings. The van der Waals surface area contributed by atoms with E-state index < -0.39 is 129 Å². The molecule has 4 amide bonds. The number of alkyl halides is 3. The molecule has 2 aliphatic heterocycles. The summed E-state index contributed by atoms with van der Waals surface area (Å²) in [7, 11) is -2.84. The van der Waals surface area contributed by atoms with Crippen LogP contribution in [-0.4, -0.2) is 122 Å². The lowest BCUT2D eigenvalue weighted by Gasteiger charge is -2.36. The van der Waals surface area contributed by atoms with E-state index in [-0.39, 0.29) is 31.7 Å². The van der Waals surface area contributed by atoms with Gasteiger partial charge in [-0.15, -0.1) is 0 Å². The maximum absolute atomic E-state index is 15.5. The van der Waals surface area contributed by atoms with Crippen LogP contribution in [0.4, 0.5) is 22.4 Å². The normalized spacial score (nSPS) is 32.1. The fourth-order valence-electron chi connectivity index (χ4n) is 8.05. The van der Waals surface area contributed by atoms with Crippen molar-refractivity contribution < 1.29 is 59.4 Å². The number of unbranched alkanes of at least 4 members (excludes halogenated alkanes) is 1. The lowest BCUT2D eigenvalue weighted by Crippen LogP contribution is -2.61. The second-order valence-electron chi connectivity index (χ2n) is 17.7. The molecular weight excluding hydrogens is 805 g/mol. The molecule has 0 bridgehead atoms. The van der Waals surface area contributed by atoms with Crippen LogP contribution in [0.15, 0.2) is 34.0 Å². The first-order valence-electron chi connectivity index (χ1n) is 20.1. The average molecular weight is 859 g/mol. The van der Waals surface area contributed by atoms with Crippen molar-refractivity contribution in [3.63, 3.8) is 0 Å². The Morgan fingerprint density at radius 2 is 1.80 bits per heavy atom. The molecular formula is C39H54F4N6O9S. The third-order valence-corrected chi connectivity index (χ3v) is 14.5. The lowest BCUT2D eigenvalue weighted by molar-refractivity contribution is -0.144. The van der Waals surface area contributed by atoms with Crippen LogP contribution in [0.3, 0.4) is 0 Å². The van der Waals surface area contributed by atoms with Gasteiger partial charge in [0, 0.05) is 5.92 Å². The van der Waals surface area contributed by atoms with Gasteiger partial charge < -0.3 is 29.7 Å². The molecule has 0 spiro atoms. The van der Waals surface area contributed by atoms with Crippen molar-refractivity contribution in [2.45, 2.75) is 139 Å². The predicted molar refractivity (Wildman–Crippen MR) is 206 cm³/mol. The number of ether oxygens (including phenoxy) is 3. The number of alkyl carbamates (subject to hydrolysis) is 1. The summed E-state index contributed by atoms with van der Waals surface area (Å²) in [6.07, 6.45) is 1.59. The Kier molecular flexibility index (Phi) is 12.5. The molecule has 10 atom stereocenters. The van der Waals surface area contributed by atoms with Gasteiger partial charge in [0.05, 0.1) is 37.0 Å². The minimum atomic E-state index is -4.29. The van der Waals surface area contributed by atoms with Crippen molar-refractivity contribution in [2.75, 3.05) is 20.3 Å². The number of methoxy groups -OCH3 is 1. The molecule has 6 aliphatic rings. The number of carbonyl (C=O) groups excluding carboxylic acids is 4. The van der Waals surface area contributed by atoms with Gasteiger partial charge in [-0.1, -0.05) is 40.2 Å². The number of hydrogen-bond acceptors (Lipinski definition) is 11. The topological polar surface area (TPSA) is 194 Å². The highest BCUT2D eigenvalue weighted by molar-refractivity contribution is 7.91. The standard InChI is InChI=1S/C39H54F4N6O9S/c1-7-22-27(57-33-31(43)44-24-12-11-21(56-6)17-25(24)45-33)19-49(34(51)29(37(2,3)4)46-36(53)58-26-16-20(26)10-8-9-15-40)28(22)32(50)47-39(18-23(39)30(41)42)35(52)48-59(54,55)38(5)13-14-38/h11-12,17,20,22-30H,7-10,13-16,18-19H2,1-6H3,(H,46,53)(H,47,50)(H,48,52)/t20-,22-,23+,24?,25?,26-,27+,28+,29-,39-/m1/s1. The second kappa shape index (κ2) is 16.7. The first kappa shape index (κ1) is 44.3. The van der Waals surface area contributed by atoms with Crippen molar-refractivity contribution in [2.24, 2.45) is 33.2 Å². The first-order valence-corrected chi connectivity index (χ1v) is 21.6. The fraction of sp³-hybridized carbons (Fsp3) is 0.744.